The number of phenolic OH excluding ortho intramolecular Hbond substituents is 1. The summed E-state index contributed by atoms with van der Waals surface area (Å²) in [6.45, 7) is -0.00651. The monoisotopic (exact) mass is 365 g/mol. The number of benzene rings is 2. The molecule has 7 heteroatoms. The van der Waals surface area contributed by atoms with Gasteiger partial charge >= 0.3 is 0 Å². The molecule has 0 atom stereocenters. The maximum atomic E-state index is 12.7. The van der Waals surface area contributed by atoms with Gasteiger partial charge < -0.3 is 10.4 Å². The third kappa shape index (κ3) is 4.85. The molecule has 0 aromatic heterocycles. The normalized spacial score (nSPS) is 10.6. The molecule has 0 radical (unpaired) electrons. The Kier molecular flexibility index (Phi) is 5.48. The Morgan fingerprint density at radius 1 is 1.27 bits per heavy atom. The minimum absolute atomic E-state index is 0.00651. The van der Waals surface area contributed by atoms with Crippen molar-refractivity contribution in [3.05, 3.63) is 58.3 Å². The van der Waals surface area contributed by atoms with Crippen LogP contribution in [0.15, 0.2) is 52.0 Å². The van der Waals surface area contributed by atoms with Gasteiger partial charge in [0.25, 0.3) is 5.91 Å². The number of nitrogens with zero attached hydrogens (tertiary/aromatic N) is 1. The Balaban J connectivity index is 1.83. The Morgan fingerprint density at radius 3 is 2.73 bits per heavy atom. The van der Waals surface area contributed by atoms with Crippen LogP contribution in [-0.2, 0) is 4.79 Å². The zero-order valence-electron chi connectivity index (χ0n) is 11.4. The zero-order valence-corrected chi connectivity index (χ0v) is 13.0. The fourth-order valence-corrected chi connectivity index (χ4v) is 1.97. The fraction of sp³-hybridized carbons (Fsp3) is 0.0667. The molecule has 0 aliphatic carbocycles. The van der Waals surface area contributed by atoms with Gasteiger partial charge in [0.1, 0.15) is 11.6 Å². The van der Waals surface area contributed by atoms with Gasteiger partial charge in [0.2, 0.25) is 0 Å². The number of aromatic hydroxyl groups is 1. The van der Waals surface area contributed by atoms with Crippen molar-refractivity contribution in [2.45, 2.75) is 0 Å². The second kappa shape index (κ2) is 7.56. The first kappa shape index (κ1) is 16.0. The maximum absolute atomic E-state index is 12.7. The summed E-state index contributed by atoms with van der Waals surface area (Å²) in [6.07, 6.45) is 1.34. The highest BCUT2D eigenvalue weighted by Crippen LogP contribution is 2.19. The first-order valence-corrected chi connectivity index (χ1v) is 7.14. The van der Waals surface area contributed by atoms with Gasteiger partial charge in [0.05, 0.1) is 12.8 Å². The minimum Gasteiger partial charge on any atom is -0.507 e. The molecular formula is C15H13BrFN3O2. The molecule has 0 fully saturated rings. The molecule has 0 aliphatic heterocycles. The zero-order chi connectivity index (χ0) is 15.9. The topological polar surface area (TPSA) is 73.7 Å². The Labute approximate surface area is 135 Å². The molecule has 0 heterocycles. The number of halogens is 2. The van der Waals surface area contributed by atoms with Gasteiger partial charge in [0, 0.05) is 15.7 Å². The molecule has 5 nitrogen and oxygen atoms in total. The number of carbonyl (C=O) groups excluding carboxylic acids is 1. The SMILES string of the molecule is O=C(CNc1ccc(F)cc1)N/N=C\c1cc(Br)ccc1O. The van der Waals surface area contributed by atoms with Crippen LogP contribution in [0.5, 0.6) is 5.75 Å². The summed E-state index contributed by atoms with van der Waals surface area (Å²) in [6, 6.07) is 10.5. The minimum atomic E-state index is -0.366. The number of phenols is 1. The summed E-state index contributed by atoms with van der Waals surface area (Å²) in [5.74, 6) is -0.644. The number of hydrogen-bond donors (Lipinski definition) is 3. The molecule has 2 aromatic carbocycles. The van der Waals surface area contributed by atoms with Gasteiger partial charge in [-0.05, 0) is 42.5 Å². The predicted molar refractivity (Wildman–Crippen MR) is 86.4 cm³/mol. The molecule has 2 rings (SSSR count). The third-order valence-corrected chi connectivity index (χ3v) is 3.17. The molecule has 0 aliphatic rings. The van der Waals surface area contributed by atoms with Crippen LogP contribution >= 0.6 is 15.9 Å². The van der Waals surface area contributed by atoms with E-state index < -0.39 is 0 Å². The predicted octanol–water partition coefficient (Wildman–Crippen LogP) is 2.86. The lowest BCUT2D eigenvalue weighted by atomic mass is 10.2. The summed E-state index contributed by atoms with van der Waals surface area (Å²) in [4.78, 5) is 11.6. The molecule has 0 spiro atoms. The number of anilines is 1. The number of nitrogens with one attached hydrogen (secondary N) is 2. The van der Waals surface area contributed by atoms with Crippen molar-refractivity contribution in [3.63, 3.8) is 0 Å². The molecule has 0 saturated carbocycles. The van der Waals surface area contributed by atoms with Crippen molar-refractivity contribution >= 4 is 33.7 Å². The van der Waals surface area contributed by atoms with E-state index in [9.17, 15) is 14.3 Å². The van der Waals surface area contributed by atoms with E-state index in [0.29, 0.717) is 11.3 Å². The standard InChI is InChI=1S/C15H13BrFN3O2/c16-11-1-6-14(21)10(7-11)8-19-20-15(22)9-18-13-4-2-12(17)3-5-13/h1-8,18,21H,9H2,(H,20,22)/b19-8-. The van der Waals surface area contributed by atoms with Gasteiger partial charge in [-0.2, -0.15) is 5.10 Å². The lowest BCUT2D eigenvalue weighted by Crippen LogP contribution is -2.25. The van der Waals surface area contributed by atoms with Gasteiger partial charge in [-0.15, -0.1) is 0 Å². The van der Waals surface area contributed by atoms with Crippen LogP contribution in [0.1, 0.15) is 5.56 Å². The van der Waals surface area contributed by atoms with Crippen LogP contribution in [0, 0.1) is 5.82 Å². The maximum Gasteiger partial charge on any atom is 0.259 e. The molecule has 2 aromatic rings. The molecule has 114 valence electrons. The van der Waals surface area contributed by atoms with E-state index in [4.69, 9.17) is 0 Å². The van der Waals surface area contributed by atoms with E-state index in [1.54, 1.807) is 12.1 Å². The van der Waals surface area contributed by atoms with Crippen molar-refractivity contribution in [3.8, 4) is 5.75 Å². The summed E-state index contributed by atoms with van der Waals surface area (Å²) in [5.41, 5.74) is 3.43. The van der Waals surface area contributed by atoms with Crippen molar-refractivity contribution in [2.75, 3.05) is 11.9 Å². The van der Waals surface area contributed by atoms with Crippen LogP contribution in [-0.4, -0.2) is 23.8 Å². The summed E-state index contributed by atoms with van der Waals surface area (Å²) in [5, 5.41) is 16.2. The quantitative estimate of drug-likeness (QED) is 0.563. The smallest absolute Gasteiger partial charge is 0.259 e. The highest BCUT2D eigenvalue weighted by molar-refractivity contribution is 9.10. The lowest BCUT2D eigenvalue weighted by molar-refractivity contribution is -0.119. The first-order valence-electron chi connectivity index (χ1n) is 6.34. The fourth-order valence-electron chi connectivity index (χ4n) is 1.59. The number of carbonyl (C=O) groups is 1. The summed E-state index contributed by atoms with van der Waals surface area (Å²) < 4.78 is 13.5. The molecular weight excluding hydrogens is 353 g/mol. The largest absolute Gasteiger partial charge is 0.507 e. The number of hydrogen-bond acceptors (Lipinski definition) is 4. The number of hydrazone groups is 1. The average Bonchev–Trinajstić information content (AvgIpc) is 2.50. The van der Waals surface area contributed by atoms with E-state index >= 15 is 0 Å². The van der Waals surface area contributed by atoms with E-state index in [1.165, 1.54) is 36.5 Å². The summed E-state index contributed by atoms with van der Waals surface area (Å²) in [7, 11) is 0. The Morgan fingerprint density at radius 2 is 2.00 bits per heavy atom. The summed E-state index contributed by atoms with van der Waals surface area (Å²) >= 11 is 3.28. The van der Waals surface area contributed by atoms with Crippen molar-refractivity contribution in [2.24, 2.45) is 5.10 Å². The van der Waals surface area contributed by atoms with Crippen LogP contribution in [0.3, 0.4) is 0 Å². The van der Waals surface area contributed by atoms with Crippen LogP contribution in [0.4, 0.5) is 10.1 Å². The number of amides is 1. The molecule has 1 amide bonds. The molecule has 0 unspecified atom stereocenters. The van der Waals surface area contributed by atoms with Crippen LogP contribution < -0.4 is 10.7 Å². The Bertz CT molecular complexity index is 690. The van der Waals surface area contributed by atoms with E-state index in [-0.39, 0.29) is 24.0 Å². The average molecular weight is 366 g/mol. The second-order valence-electron chi connectivity index (χ2n) is 4.36. The molecule has 22 heavy (non-hydrogen) atoms. The van der Waals surface area contributed by atoms with Crippen molar-refractivity contribution < 1.29 is 14.3 Å². The van der Waals surface area contributed by atoms with E-state index in [0.717, 1.165) is 4.47 Å². The highest BCUT2D eigenvalue weighted by Gasteiger charge is 2.01. The Hall–Kier alpha value is -2.41. The second-order valence-corrected chi connectivity index (χ2v) is 5.27. The molecule has 3 N–H and O–H groups in total. The van der Waals surface area contributed by atoms with Gasteiger partial charge in [-0.25, -0.2) is 9.82 Å². The number of rotatable bonds is 5. The van der Waals surface area contributed by atoms with Gasteiger partial charge in [0.15, 0.2) is 0 Å². The third-order valence-electron chi connectivity index (χ3n) is 2.68. The van der Waals surface area contributed by atoms with E-state index in [2.05, 4.69) is 31.8 Å². The molecule has 0 saturated heterocycles. The van der Waals surface area contributed by atoms with E-state index in [1.807, 2.05) is 0 Å². The van der Waals surface area contributed by atoms with Crippen molar-refractivity contribution in [1.82, 2.24) is 5.43 Å². The van der Waals surface area contributed by atoms with Crippen LogP contribution in [0.2, 0.25) is 0 Å². The van der Waals surface area contributed by atoms with Gasteiger partial charge in [-0.3, -0.25) is 4.79 Å². The lowest BCUT2D eigenvalue weighted by Gasteiger charge is -2.05. The van der Waals surface area contributed by atoms with Crippen molar-refractivity contribution in [1.29, 1.82) is 0 Å². The first-order chi connectivity index (χ1) is 10.5. The highest BCUT2D eigenvalue weighted by atomic mass is 79.9. The van der Waals surface area contributed by atoms with Crippen LogP contribution in [0.25, 0.3) is 0 Å². The van der Waals surface area contributed by atoms with Gasteiger partial charge in [-0.1, -0.05) is 15.9 Å². The molecule has 0 bridgehead atoms.